The van der Waals surface area contributed by atoms with E-state index in [4.69, 9.17) is 34.8 Å². The van der Waals surface area contributed by atoms with E-state index in [9.17, 15) is 4.79 Å². The number of nitrogens with zero attached hydrogens (tertiary/aromatic N) is 2. The molecule has 1 amide bonds. The average molecular weight is 368 g/mol. The molecule has 0 atom stereocenters. The first-order chi connectivity index (χ1) is 9.40. The fourth-order valence-corrected chi connectivity index (χ4v) is 4.36. The Morgan fingerprint density at radius 3 is 2.40 bits per heavy atom. The van der Waals surface area contributed by atoms with E-state index in [1.165, 1.54) is 25.6 Å². The first-order valence-electron chi connectivity index (χ1n) is 5.40. The largest absolute Gasteiger partial charge is 0.345 e. The standard InChI is InChI=1S/C12H9Cl3N2OS2/c1-17(2)12(18)6-3-4-8(7(13)5-6)16-11-9(14)10(15)19-20-11/h3-5H,1-2H3. The van der Waals surface area contributed by atoms with Gasteiger partial charge in [0.25, 0.3) is 5.91 Å². The molecule has 8 heteroatoms. The van der Waals surface area contributed by atoms with E-state index in [0.717, 1.165) is 0 Å². The number of halogens is 3. The highest BCUT2D eigenvalue weighted by atomic mass is 35.5. The maximum Gasteiger partial charge on any atom is 0.253 e. The van der Waals surface area contributed by atoms with E-state index >= 15 is 0 Å². The second kappa shape index (κ2) is 6.45. The van der Waals surface area contributed by atoms with Crippen LogP contribution < -0.4 is 4.67 Å². The number of benzene rings is 1. The van der Waals surface area contributed by atoms with Crippen molar-refractivity contribution in [2.24, 2.45) is 4.99 Å². The SMILES string of the molecule is CN(C)C(=O)c1ccc(N=c2ssc(Cl)c2Cl)c(Cl)c1. The molecule has 1 heterocycles. The fourth-order valence-electron chi connectivity index (χ4n) is 1.40. The minimum absolute atomic E-state index is 0.113. The summed E-state index contributed by atoms with van der Waals surface area (Å²) in [4.78, 5) is 17.7. The summed E-state index contributed by atoms with van der Waals surface area (Å²) in [5.41, 5.74) is 1.06. The third kappa shape index (κ3) is 3.35. The summed E-state index contributed by atoms with van der Waals surface area (Å²) in [6.07, 6.45) is 0. The van der Waals surface area contributed by atoms with E-state index in [1.807, 2.05) is 0 Å². The molecule has 1 aromatic heterocycles. The van der Waals surface area contributed by atoms with Crippen LogP contribution in [0.15, 0.2) is 23.2 Å². The summed E-state index contributed by atoms with van der Waals surface area (Å²) < 4.78 is 1.11. The van der Waals surface area contributed by atoms with Crippen molar-refractivity contribution in [3.63, 3.8) is 0 Å². The molecule has 0 saturated carbocycles. The predicted octanol–water partition coefficient (Wildman–Crippen LogP) is 4.70. The molecule has 106 valence electrons. The number of rotatable bonds is 2. The van der Waals surface area contributed by atoms with Crippen LogP contribution in [0.4, 0.5) is 5.69 Å². The maximum absolute atomic E-state index is 11.8. The van der Waals surface area contributed by atoms with Crippen molar-refractivity contribution < 1.29 is 4.79 Å². The van der Waals surface area contributed by atoms with Gasteiger partial charge in [0.05, 0.1) is 10.7 Å². The van der Waals surface area contributed by atoms with Gasteiger partial charge in [0.15, 0.2) is 0 Å². The number of carbonyl (C=O) groups is 1. The van der Waals surface area contributed by atoms with E-state index in [2.05, 4.69) is 4.99 Å². The first-order valence-corrected chi connectivity index (χ1v) is 8.68. The van der Waals surface area contributed by atoms with Gasteiger partial charge in [-0.15, -0.1) is 0 Å². The Balaban J connectivity index is 2.43. The molecule has 0 unspecified atom stereocenters. The summed E-state index contributed by atoms with van der Waals surface area (Å²) in [7, 11) is 6.09. The first kappa shape index (κ1) is 15.8. The van der Waals surface area contributed by atoms with Crippen molar-refractivity contribution in [2.45, 2.75) is 0 Å². The zero-order valence-corrected chi connectivity index (χ0v) is 14.4. The molecule has 2 aromatic rings. The minimum Gasteiger partial charge on any atom is -0.345 e. The Kier molecular flexibility index (Phi) is 5.09. The van der Waals surface area contributed by atoms with E-state index in [1.54, 1.807) is 32.3 Å². The van der Waals surface area contributed by atoms with Crippen LogP contribution in [-0.2, 0) is 0 Å². The second-order valence-electron chi connectivity index (χ2n) is 4.04. The Morgan fingerprint density at radius 2 is 1.90 bits per heavy atom. The Bertz CT molecular complexity index is 722. The zero-order valence-electron chi connectivity index (χ0n) is 10.5. The van der Waals surface area contributed by atoms with Gasteiger partial charge in [0, 0.05) is 19.7 Å². The van der Waals surface area contributed by atoms with Gasteiger partial charge >= 0.3 is 0 Å². The van der Waals surface area contributed by atoms with Crippen LogP contribution in [0.5, 0.6) is 0 Å². The Hall–Kier alpha value is -0.590. The maximum atomic E-state index is 11.8. The Morgan fingerprint density at radius 1 is 1.20 bits per heavy atom. The lowest BCUT2D eigenvalue weighted by molar-refractivity contribution is 0.0827. The van der Waals surface area contributed by atoms with Gasteiger partial charge in [-0.05, 0) is 18.2 Å². The summed E-state index contributed by atoms with van der Waals surface area (Å²) in [5, 5.41) is 0.814. The van der Waals surface area contributed by atoms with Crippen LogP contribution in [0.3, 0.4) is 0 Å². The molecule has 3 nitrogen and oxygen atoms in total. The zero-order chi connectivity index (χ0) is 14.9. The number of amides is 1. The van der Waals surface area contributed by atoms with Gasteiger partial charge in [-0.25, -0.2) is 4.99 Å². The lowest BCUT2D eigenvalue weighted by atomic mass is 10.2. The van der Waals surface area contributed by atoms with Crippen molar-refractivity contribution in [2.75, 3.05) is 14.1 Å². The quantitative estimate of drug-likeness (QED) is 0.708. The molecule has 20 heavy (non-hydrogen) atoms. The molecule has 0 spiro atoms. The molecule has 0 aliphatic heterocycles. The molecular weight excluding hydrogens is 359 g/mol. The van der Waals surface area contributed by atoms with Crippen molar-refractivity contribution in [3.8, 4) is 0 Å². The van der Waals surface area contributed by atoms with E-state index in [-0.39, 0.29) is 5.91 Å². The monoisotopic (exact) mass is 366 g/mol. The number of hydrogen-bond donors (Lipinski definition) is 0. The summed E-state index contributed by atoms with van der Waals surface area (Å²) >= 11 is 18.1. The van der Waals surface area contributed by atoms with Gasteiger partial charge < -0.3 is 4.90 Å². The molecule has 2 rings (SSSR count). The third-order valence-corrected chi connectivity index (χ3v) is 6.17. The van der Waals surface area contributed by atoms with E-state index in [0.29, 0.717) is 30.3 Å². The molecule has 0 fully saturated rings. The topological polar surface area (TPSA) is 32.7 Å². The van der Waals surface area contributed by atoms with Crippen LogP contribution in [0.1, 0.15) is 10.4 Å². The summed E-state index contributed by atoms with van der Waals surface area (Å²) in [6, 6.07) is 4.96. The molecule has 0 bridgehead atoms. The summed E-state index contributed by atoms with van der Waals surface area (Å²) in [5.74, 6) is -0.113. The van der Waals surface area contributed by atoms with Gasteiger partial charge in [-0.1, -0.05) is 55.5 Å². The molecular formula is C12H9Cl3N2OS2. The molecule has 0 saturated heterocycles. The van der Waals surface area contributed by atoms with Crippen LogP contribution >= 0.6 is 55.5 Å². The molecule has 1 aromatic carbocycles. The smallest absolute Gasteiger partial charge is 0.253 e. The number of carbonyl (C=O) groups excluding carboxylic acids is 1. The minimum atomic E-state index is -0.113. The van der Waals surface area contributed by atoms with Crippen molar-refractivity contribution in [3.05, 3.63) is 42.8 Å². The normalized spacial score (nSPS) is 11.8. The van der Waals surface area contributed by atoms with Gasteiger partial charge in [-0.2, -0.15) is 0 Å². The highest BCUT2D eigenvalue weighted by Crippen LogP contribution is 2.30. The van der Waals surface area contributed by atoms with Gasteiger partial charge in [-0.3, -0.25) is 4.79 Å². The Labute approximate surface area is 138 Å². The average Bonchev–Trinajstić information content (AvgIpc) is 2.72. The highest BCUT2D eigenvalue weighted by molar-refractivity contribution is 7.69. The summed E-state index contributed by atoms with van der Waals surface area (Å²) in [6.45, 7) is 0. The molecule has 0 aliphatic carbocycles. The van der Waals surface area contributed by atoms with Crippen LogP contribution in [0.2, 0.25) is 14.4 Å². The van der Waals surface area contributed by atoms with Crippen LogP contribution in [0, 0.1) is 0 Å². The third-order valence-electron chi connectivity index (χ3n) is 2.38. The van der Waals surface area contributed by atoms with Crippen molar-refractivity contribution in [1.82, 2.24) is 4.90 Å². The molecule has 0 aliphatic rings. The van der Waals surface area contributed by atoms with Crippen molar-refractivity contribution in [1.29, 1.82) is 0 Å². The highest BCUT2D eigenvalue weighted by Gasteiger charge is 2.11. The fraction of sp³-hybridized carbons (Fsp3) is 0.167. The predicted molar refractivity (Wildman–Crippen MR) is 86.9 cm³/mol. The number of hydrogen-bond acceptors (Lipinski definition) is 4. The molecule has 0 radical (unpaired) electrons. The van der Waals surface area contributed by atoms with Crippen LogP contribution in [0.25, 0.3) is 0 Å². The van der Waals surface area contributed by atoms with Crippen LogP contribution in [-0.4, -0.2) is 24.9 Å². The van der Waals surface area contributed by atoms with Gasteiger partial charge in [0.2, 0.25) is 0 Å². The van der Waals surface area contributed by atoms with E-state index < -0.39 is 0 Å². The van der Waals surface area contributed by atoms with Crippen molar-refractivity contribution >= 4 is 67.1 Å². The lowest BCUT2D eigenvalue weighted by Gasteiger charge is -2.10. The molecule has 0 N–H and O–H groups in total. The lowest BCUT2D eigenvalue weighted by Crippen LogP contribution is -2.21. The van der Waals surface area contributed by atoms with Gasteiger partial charge in [0.1, 0.15) is 14.0 Å². The second-order valence-corrected chi connectivity index (χ2v) is 7.55.